The number of carbonyl (C=O) groups is 1. The van der Waals surface area contributed by atoms with E-state index >= 15 is 0 Å². The first-order valence-electron chi connectivity index (χ1n) is 5.97. The van der Waals surface area contributed by atoms with Crippen LogP contribution in [0.3, 0.4) is 0 Å². The van der Waals surface area contributed by atoms with Crippen molar-refractivity contribution in [2.45, 2.75) is 25.5 Å². The number of aliphatic carboxylic acids is 1. The zero-order chi connectivity index (χ0) is 14.0. The highest BCUT2D eigenvalue weighted by atomic mass is 79.9. The maximum Gasteiger partial charge on any atom is 0.313 e. The van der Waals surface area contributed by atoms with E-state index in [1.807, 2.05) is 18.2 Å². The zero-order valence-electron chi connectivity index (χ0n) is 10.8. The number of hydrogen-bond acceptors (Lipinski definition) is 3. The predicted octanol–water partition coefficient (Wildman–Crippen LogP) is 3.63. The highest BCUT2D eigenvalue weighted by Gasteiger charge is 2.13. The number of nitrogens with zero attached hydrogens (tertiary/aromatic N) is 2. The Morgan fingerprint density at radius 2 is 2.26 bits per heavy atom. The third-order valence-electron chi connectivity index (χ3n) is 2.55. The quantitative estimate of drug-likeness (QED) is 0.843. The summed E-state index contributed by atoms with van der Waals surface area (Å²) in [4.78, 5) is 15.2. The third-order valence-corrected chi connectivity index (χ3v) is 4.00. The van der Waals surface area contributed by atoms with E-state index in [-0.39, 0.29) is 5.75 Å². The first kappa shape index (κ1) is 14.4. The van der Waals surface area contributed by atoms with Crippen LogP contribution in [-0.2, 0) is 11.3 Å². The van der Waals surface area contributed by atoms with Crippen LogP contribution >= 0.6 is 27.7 Å². The van der Waals surface area contributed by atoms with E-state index in [4.69, 9.17) is 5.11 Å². The standard InChI is InChI=1S/C13H15BrN2O2S/c1-8(2)6-16-11-4-3-9(14)5-10(11)15-13(16)19-7-12(17)18/h3-5,8H,6-7H2,1-2H3,(H,17,18). The van der Waals surface area contributed by atoms with Crippen LogP contribution < -0.4 is 0 Å². The molecule has 0 saturated carbocycles. The minimum atomic E-state index is -0.825. The molecule has 0 atom stereocenters. The molecule has 1 aromatic heterocycles. The van der Waals surface area contributed by atoms with Gasteiger partial charge in [-0.1, -0.05) is 41.5 Å². The fraction of sp³-hybridized carbons (Fsp3) is 0.385. The molecule has 0 aliphatic carbocycles. The number of halogens is 1. The van der Waals surface area contributed by atoms with Gasteiger partial charge >= 0.3 is 5.97 Å². The van der Waals surface area contributed by atoms with Crippen molar-refractivity contribution in [3.05, 3.63) is 22.7 Å². The molecule has 2 rings (SSSR count). The molecule has 0 unspecified atom stereocenters. The number of carboxylic acid groups (broad SMARTS) is 1. The molecule has 0 fully saturated rings. The molecule has 0 radical (unpaired) electrons. The van der Waals surface area contributed by atoms with Crippen LogP contribution in [0.5, 0.6) is 0 Å². The lowest BCUT2D eigenvalue weighted by Crippen LogP contribution is -2.07. The number of carboxylic acids is 1. The summed E-state index contributed by atoms with van der Waals surface area (Å²) in [6, 6.07) is 5.95. The smallest absolute Gasteiger partial charge is 0.313 e. The highest BCUT2D eigenvalue weighted by molar-refractivity contribution is 9.10. The molecule has 19 heavy (non-hydrogen) atoms. The molecule has 0 bridgehead atoms. The topological polar surface area (TPSA) is 55.1 Å². The van der Waals surface area contributed by atoms with E-state index in [0.29, 0.717) is 5.92 Å². The summed E-state index contributed by atoms with van der Waals surface area (Å²) in [7, 11) is 0. The number of hydrogen-bond donors (Lipinski definition) is 1. The molecule has 0 aliphatic rings. The summed E-state index contributed by atoms with van der Waals surface area (Å²) in [5, 5.41) is 9.57. The molecule has 6 heteroatoms. The Kier molecular flexibility index (Phi) is 4.52. The maximum atomic E-state index is 10.7. The Morgan fingerprint density at radius 3 is 2.89 bits per heavy atom. The SMILES string of the molecule is CC(C)Cn1c(SCC(=O)O)nc2cc(Br)ccc21. The van der Waals surface area contributed by atoms with Gasteiger partial charge in [0.1, 0.15) is 0 Å². The molecule has 2 aromatic rings. The molecule has 1 N–H and O–H groups in total. The summed E-state index contributed by atoms with van der Waals surface area (Å²) in [6.07, 6.45) is 0. The lowest BCUT2D eigenvalue weighted by Gasteiger charge is -2.10. The predicted molar refractivity (Wildman–Crippen MR) is 80.6 cm³/mol. The summed E-state index contributed by atoms with van der Waals surface area (Å²) in [5.41, 5.74) is 1.94. The van der Waals surface area contributed by atoms with Crippen LogP contribution in [0.4, 0.5) is 0 Å². The number of aromatic nitrogens is 2. The van der Waals surface area contributed by atoms with Gasteiger partial charge in [-0.25, -0.2) is 4.98 Å². The molecule has 0 spiro atoms. The Morgan fingerprint density at radius 1 is 1.53 bits per heavy atom. The summed E-state index contributed by atoms with van der Waals surface area (Å²) in [6.45, 7) is 5.10. The first-order valence-corrected chi connectivity index (χ1v) is 7.75. The van der Waals surface area contributed by atoms with E-state index in [1.54, 1.807) is 0 Å². The average molecular weight is 343 g/mol. The van der Waals surface area contributed by atoms with Gasteiger partial charge in [0.05, 0.1) is 16.8 Å². The van der Waals surface area contributed by atoms with Crippen LogP contribution in [0.1, 0.15) is 13.8 Å². The lowest BCUT2D eigenvalue weighted by atomic mass is 10.2. The van der Waals surface area contributed by atoms with Gasteiger partial charge < -0.3 is 9.67 Å². The van der Waals surface area contributed by atoms with Crippen molar-refractivity contribution in [3.8, 4) is 0 Å². The first-order chi connectivity index (χ1) is 8.97. The normalized spacial score (nSPS) is 11.4. The van der Waals surface area contributed by atoms with Crippen LogP contribution in [0.25, 0.3) is 11.0 Å². The number of thioether (sulfide) groups is 1. The van der Waals surface area contributed by atoms with Gasteiger partial charge in [0, 0.05) is 11.0 Å². The Bertz CT molecular complexity index is 610. The van der Waals surface area contributed by atoms with Crippen LogP contribution in [0.2, 0.25) is 0 Å². The van der Waals surface area contributed by atoms with Crippen LogP contribution in [0.15, 0.2) is 27.8 Å². The fourth-order valence-corrected chi connectivity index (χ4v) is 2.95. The second kappa shape index (κ2) is 5.96. The molecule has 0 saturated heterocycles. The molecule has 1 heterocycles. The molecule has 1 aromatic carbocycles. The van der Waals surface area contributed by atoms with Crippen molar-refractivity contribution in [3.63, 3.8) is 0 Å². The van der Waals surface area contributed by atoms with Gasteiger partial charge in [-0.15, -0.1) is 0 Å². The second-order valence-electron chi connectivity index (χ2n) is 4.71. The van der Waals surface area contributed by atoms with Crippen molar-refractivity contribution >= 4 is 44.7 Å². The van der Waals surface area contributed by atoms with Gasteiger partial charge in [0.15, 0.2) is 5.16 Å². The van der Waals surface area contributed by atoms with Gasteiger partial charge in [0.2, 0.25) is 0 Å². The largest absolute Gasteiger partial charge is 0.481 e. The van der Waals surface area contributed by atoms with E-state index in [0.717, 1.165) is 27.2 Å². The molecule has 0 aliphatic heterocycles. The monoisotopic (exact) mass is 342 g/mol. The molecule has 0 amide bonds. The summed E-state index contributed by atoms with van der Waals surface area (Å²) >= 11 is 4.69. The summed E-state index contributed by atoms with van der Waals surface area (Å²) < 4.78 is 3.07. The van der Waals surface area contributed by atoms with Crippen LogP contribution in [-0.4, -0.2) is 26.4 Å². The van der Waals surface area contributed by atoms with E-state index < -0.39 is 5.97 Å². The van der Waals surface area contributed by atoms with E-state index in [9.17, 15) is 4.79 Å². The van der Waals surface area contributed by atoms with Gasteiger partial charge in [-0.3, -0.25) is 4.79 Å². The Balaban J connectivity index is 2.44. The van der Waals surface area contributed by atoms with E-state index in [1.165, 1.54) is 11.8 Å². The highest BCUT2D eigenvalue weighted by Crippen LogP contribution is 2.27. The van der Waals surface area contributed by atoms with Gasteiger partial charge in [-0.05, 0) is 24.1 Å². The number of rotatable bonds is 5. The van der Waals surface area contributed by atoms with Crippen molar-refractivity contribution in [2.24, 2.45) is 5.92 Å². The van der Waals surface area contributed by atoms with Crippen molar-refractivity contribution in [1.29, 1.82) is 0 Å². The molecular weight excluding hydrogens is 328 g/mol. The van der Waals surface area contributed by atoms with Crippen molar-refractivity contribution in [2.75, 3.05) is 5.75 Å². The number of benzene rings is 1. The molecule has 102 valence electrons. The Labute approximate surface area is 124 Å². The second-order valence-corrected chi connectivity index (χ2v) is 6.57. The minimum Gasteiger partial charge on any atom is -0.481 e. The number of fused-ring (bicyclic) bond motifs is 1. The van der Waals surface area contributed by atoms with Crippen molar-refractivity contribution < 1.29 is 9.90 Å². The Hall–Kier alpha value is -1.01. The maximum absolute atomic E-state index is 10.7. The average Bonchev–Trinajstić information content (AvgIpc) is 2.63. The van der Waals surface area contributed by atoms with E-state index in [2.05, 4.69) is 39.3 Å². The van der Waals surface area contributed by atoms with Crippen molar-refractivity contribution in [1.82, 2.24) is 9.55 Å². The van der Waals surface area contributed by atoms with Crippen LogP contribution in [0, 0.1) is 5.92 Å². The van der Waals surface area contributed by atoms with Gasteiger partial charge in [0.25, 0.3) is 0 Å². The zero-order valence-corrected chi connectivity index (χ0v) is 13.2. The van der Waals surface area contributed by atoms with Gasteiger partial charge in [-0.2, -0.15) is 0 Å². The summed E-state index contributed by atoms with van der Waals surface area (Å²) in [5.74, 6) is -0.317. The number of imidazole rings is 1. The lowest BCUT2D eigenvalue weighted by molar-refractivity contribution is -0.133. The third kappa shape index (κ3) is 3.51. The molecular formula is C13H15BrN2O2S. The molecule has 4 nitrogen and oxygen atoms in total. The fourth-order valence-electron chi connectivity index (χ4n) is 1.86. The minimum absolute atomic E-state index is 0.0303.